The average molecular weight is 237 g/mol. The lowest BCUT2D eigenvalue weighted by atomic mass is 10.3. The van der Waals surface area contributed by atoms with E-state index in [1.165, 1.54) is 12.4 Å². The van der Waals surface area contributed by atoms with Crippen LogP contribution in [0.3, 0.4) is 0 Å². The third-order valence-electron chi connectivity index (χ3n) is 1.69. The first-order valence-electron chi connectivity index (χ1n) is 4.90. The fourth-order valence-corrected chi connectivity index (χ4v) is 0.952. The molecular weight excluding hydrogens is 226 g/mol. The molecule has 1 aromatic heterocycles. The van der Waals surface area contributed by atoms with Crippen LogP contribution in [-0.2, 0) is 14.3 Å². The number of rotatable bonds is 4. The van der Waals surface area contributed by atoms with E-state index in [-0.39, 0.29) is 19.0 Å². The van der Waals surface area contributed by atoms with E-state index in [9.17, 15) is 14.4 Å². The number of aromatic nitrogens is 2. The van der Waals surface area contributed by atoms with Crippen LogP contribution in [0.25, 0.3) is 0 Å². The van der Waals surface area contributed by atoms with Crippen molar-refractivity contribution in [3.05, 3.63) is 24.3 Å². The summed E-state index contributed by atoms with van der Waals surface area (Å²) in [6, 6.07) is 1.56. The van der Waals surface area contributed by atoms with Crippen LogP contribution in [-0.4, -0.2) is 40.8 Å². The lowest BCUT2D eigenvalue weighted by Gasteiger charge is -2.02. The lowest BCUT2D eigenvalue weighted by Crippen LogP contribution is -2.36. The smallest absolute Gasteiger partial charge is 0.396 e. The van der Waals surface area contributed by atoms with E-state index < -0.39 is 17.7 Å². The number of hydrogen-bond acceptors (Lipinski definition) is 6. The van der Waals surface area contributed by atoms with Crippen molar-refractivity contribution in [2.75, 3.05) is 13.2 Å². The summed E-state index contributed by atoms with van der Waals surface area (Å²) < 4.78 is 4.45. The fraction of sp³-hybridized carbons (Fsp3) is 0.300. The van der Waals surface area contributed by atoms with Gasteiger partial charge in [-0.2, -0.15) is 0 Å². The van der Waals surface area contributed by atoms with Gasteiger partial charge in [0.2, 0.25) is 5.78 Å². The molecule has 0 spiro atoms. The van der Waals surface area contributed by atoms with Gasteiger partial charge in [0.25, 0.3) is 0 Å². The van der Waals surface area contributed by atoms with Gasteiger partial charge in [-0.1, -0.05) is 0 Å². The molecule has 0 aromatic carbocycles. The topological polar surface area (TPSA) is 98.2 Å². The monoisotopic (exact) mass is 237 g/mol. The first kappa shape index (κ1) is 12.8. The van der Waals surface area contributed by atoms with Crippen molar-refractivity contribution in [3.8, 4) is 0 Å². The second kappa shape index (κ2) is 6.31. The standard InChI is InChI=1S/C10H11N3O4/c1-2-17-10(16)9(15)13-6-7(14)8-11-4-3-5-12-8/h3-5H,2,6H2,1H3,(H,13,15). The van der Waals surface area contributed by atoms with Gasteiger partial charge in [0, 0.05) is 12.4 Å². The van der Waals surface area contributed by atoms with Crippen molar-refractivity contribution in [1.82, 2.24) is 15.3 Å². The van der Waals surface area contributed by atoms with Crippen LogP contribution in [0.5, 0.6) is 0 Å². The van der Waals surface area contributed by atoms with Gasteiger partial charge in [-0.15, -0.1) is 0 Å². The number of Topliss-reactive ketones (excluding diaryl/α,β-unsaturated/α-hetero) is 1. The first-order chi connectivity index (χ1) is 8.15. The van der Waals surface area contributed by atoms with Crippen LogP contribution in [0.1, 0.15) is 17.5 Å². The molecule has 1 amide bonds. The maximum atomic E-state index is 11.4. The van der Waals surface area contributed by atoms with Crippen LogP contribution in [0.2, 0.25) is 0 Å². The molecule has 0 saturated heterocycles. The number of ether oxygens (including phenoxy) is 1. The molecule has 0 aliphatic heterocycles. The largest absolute Gasteiger partial charge is 0.459 e. The van der Waals surface area contributed by atoms with Gasteiger partial charge < -0.3 is 10.1 Å². The predicted octanol–water partition coefficient (Wildman–Crippen LogP) is -0.661. The molecule has 17 heavy (non-hydrogen) atoms. The van der Waals surface area contributed by atoms with Crippen molar-refractivity contribution in [2.24, 2.45) is 0 Å². The van der Waals surface area contributed by atoms with Crippen LogP contribution in [0, 0.1) is 0 Å². The molecule has 0 aliphatic carbocycles. The van der Waals surface area contributed by atoms with Gasteiger partial charge in [-0.25, -0.2) is 14.8 Å². The van der Waals surface area contributed by atoms with E-state index >= 15 is 0 Å². The average Bonchev–Trinajstić information content (AvgIpc) is 2.36. The zero-order valence-corrected chi connectivity index (χ0v) is 9.17. The molecule has 1 rings (SSSR count). The van der Waals surface area contributed by atoms with Crippen molar-refractivity contribution < 1.29 is 19.1 Å². The van der Waals surface area contributed by atoms with Gasteiger partial charge in [-0.3, -0.25) is 9.59 Å². The molecule has 0 aliphatic rings. The molecule has 0 fully saturated rings. The highest BCUT2D eigenvalue weighted by Crippen LogP contribution is 1.89. The number of carbonyl (C=O) groups is 3. The predicted molar refractivity (Wildman–Crippen MR) is 56.0 cm³/mol. The SMILES string of the molecule is CCOC(=O)C(=O)NCC(=O)c1ncccn1. The van der Waals surface area contributed by atoms with Crippen LogP contribution in [0.4, 0.5) is 0 Å². The van der Waals surface area contributed by atoms with E-state index in [4.69, 9.17) is 0 Å². The molecule has 1 aromatic rings. The van der Waals surface area contributed by atoms with E-state index in [1.54, 1.807) is 13.0 Å². The van der Waals surface area contributed by atoms with Crippen molar-refractivity contribution >= 4 is 17.7 Å². The molecular formula is C10H11N3O4. The van der Waals surface area contributed by atoms with E-state index in [2.05, 4.69) is 20.0 Å². The Morgan fingerprint density at radius 2 is 1.94 bits per heavy atom. The first-order valence-corrected chi connectivity index (χ1v) is 4.90. The Kier molecular flexibility index (Phi) is 4.74. The minimum Gasteiger partial charge on any atom is -0.459 e. The van der Waals surface area contributed by atoms with Gasteiger partial charge >= 0.3 is 11.9 Å². The molecule has 0 radical (unpaired) electrons. The molecule has 90 valence electrons. The Labute approximate surface area is 97.2 Å². The molecule has 0 atom stereocenters. The maximum Gasteiger partial charge on any atom is 0.396 e. The Morgan fingerprint density at radius 3 is 2.53 bits per heavy atom. The summed E-state index contributed by atoms with van der Waals surface area (Å²) in [4.78, 5) is 40.9. The number of esters is 1. The molecule has 1 heterocycles. The molecule has 0 saturated carbocycles. The zero-order valence-electron chi connectivity index (χ0n) is 9.17. The summed E-state index contributed by atoms with van der Waals surface area (Å²) in [5.74, 6) is -2.48. The molecule has 7 nitrogen and oxygen atoms in total. The second-order valence-corrected chi connectivity index (χ2v) is 2.90. The van der Waals surface area contributed by atoms with Gasteiger partial charge in [0.15, 0.2) is 5.82 Å². The van der Waals surface area contributed by atoms with E-state index in [1.807, 2.05) is 0 Å². The number of carbonyl (C=O) groups excluding carboxylic acids is 3. The van der Waals surface area contributed by atoms with Gasteiger partial charge in [-0.05, 0) is 13.0 Å². The van der Waals surface area contributed by atoms with Crippen molar-refractivity contribution in [1.29, 1.82) is 0 Å². The lowest BCUT2D eigenvalue weighted by molar-refractivity contribution is -0.154. The maximum absolute atomic E-state index is 11.4. The van der Waals surface area contributed by atoms with Crippen LogP contribution >= 0.6 is 0 Å². The van der Waals surface area contributed by atoms with Gasteiger partial charge in [0.05, 0.1) is 13.2 Å². The summed E-state index contributed by atoms with van der Waals surface area (Å²) in [5.41, 5.74) is 0. The van der Waals surface area contributed by atoms with Crippen LogP contribution < -0.4 is 5.32 Å². The third kappa shape index (κ3) is 3.98. The molecule has 1 N–H and O–H groups in total. The minimum absolute atomic E-state index is 0.0170. The highest BCUT2D eigenvalue weighted by Gasteiger charge is 2.16. The fourth-order valence-electron chi connectivity index (χ4n) is 0.952. The normalized spacial score (nSPS) is 9.47. The quantitative estimate of drug-likeness (QED) is 0.424. The Hall–Kier alpha value is -2.31. The zero-order chi connectivity index (χ0) is 12.7. The number of hydrogen-bond donors (Lipinski definition) is 1. The summed E-state index contributed by atoms with van der Waals surface area (Å²) in [7, 11) is 0. The highest BCUT2D eigenvalue weighted by atomic mass is 16.5. The second-order valence-electron chi connectivity index (χ2n) is 2.90. The number of ketones is 1. The molecule has 0 bridgehead atoms. The van der Waals surface area contributed by atoms with Crippen LogP contribution in [0.15, 0.2) is 18.5 Å². The van der Waals surface area contributed by atoms with Crippen molar-refractivity contribution in [3.63, 3.8) is 0 Å². The number of nitrogens with zero attached hydrogens (tertiary/aromatic N) is 2. The summed E-state index contributed by atoms with van der Waals surface area (Å²) in [6.45, 7) is 1.33. The van der Waals surface area contributed by atoms with Gasteiger partial charge in [0.1, 0.15) is 0 Å². The van der Waals surface area contributed by atoms with Crippen molar-refractivity contribution in [2.45, 2.75) is 6.92 Å². The number of nitrogens with one attached hydrogen (secondary N) is 1. The van der Waals surface area contributed by atoms with E-state index in [0.717, 1.165) is 0 Å². The Balaban J connectivity index is 2.44. The number of amides is 1. The Morgan fingerprint density at radius 1 is 1.29 bits per heavy atom. The minimum atomic E-state index is -1.02. The molecule has 7 heteroatoms. The molecule has 0 unspecified atom stereocenters. The highest BCUT2D eigenvalue weighted by molar-refractivity contribution is 6.32. The summed E-state index contributed by atoms with van der Waals surface area (Å²) in [5, 5.41) is 2.12. The third-order valence-corrected chi connectivity index (χ3v) is 1.69. The summed E-state index contributed by atoms with van der Waals surface area (Å²) >= 11 is 0. The Bertz CT molecular complexity index is 419. The van der Waals surface area contributed by atoms with E-state index in [0.29, 0.717) is 0 Å². The summed E-state index contributed by atoms with van der Waals surface area (Å²) in [6.07, 6.45) is 2.82.